The first-order valence-corrected chi connectivity index (χ1v) is 6.01. The van der Waals surface area contributed by atoms with Crippen molar-refractivity contribution in [1.29, 1.82) is 0 Å². The SMILES string of the molecule is C=CC(Oc1ccccc1)C(C)(C(=O)OC)C(=O)OC. The zero-order chi connectivity index (χ0) is 15.2. The maximum absolute atomic E-state index is 12.0. The van der Waals surface area contributed by atoms with Gasteiger partial charge in [0.25, 0.3) is 0 Å². The lowest BCUT2D eigenvalue weighted by Gasteiger charge is -2.30. The second-order valence-corrected chi connectivity index (χ2v) is 4.27. The van der Waals surface area contributed by atoms with Crippen LogP contribution < -0.4 is 4.74 Å². The van der Waals surface area contributed by atoms with Crippen molar-refractivity contribution >= 4 is 11.9 Å². The normalized spacial score (nSPS) is 12.2. The van der Waals surface area contributed by atoms with Crippen LogP contribution in [0.15, 0.2) is 43.0 Å². The van der Waals surface area contributed by atoms with Crippen LogP contribution in [0.25, 0.3) is 0 Å². The van der Waals surface area contributed by atoms with Gasteiger partial charge in [0.05, 0.1) is 14.2 Å². The van der Waals surface area contributed by atoms with Crippen LogP contribution in [-0.2, 0) is 19.1 Å². The predicted molar refractivity (Wildman–Crippen MR) is 73.2 cm³/mol. The number of carbonyl (C=O) groups excluding carboxylic acids is 2. The molecule has 1 aromatic carbocycles. The summed E-state index contributed by atoms with van der Waals surface area (Å²) in [5.41, 5.74) is -1.62. The predicted octanol–water partition coefficient (Wildman–Crippen LogP) is 1.97. The Labute approximate surface area is 118 Å². The summed E-state index contributed by atoms with van der Waals surface area (Å²) in [7, 11) is 2.40. The lowest BCUT2D eigenvalue weighted by Crippen LogP contribution is -2.49. The van der Waals surface area contributed by atoms with Gasteiger partial charge in [-0.2, -0.15) is 0 Å². The number of carbonyl (C=O) groups is 2. The average Bonchev–Trinajstić information content (AvgIpc) is 2.51. The fourth-order valence-corrected chi connectivity index (χ4v) is 1.79. The van der Waals surface area contributed by atoms with Crippen molar-refractivity contribution in [3.63, 3.8) is 0 Å². The van der Waals surface area contributed by atoms with E-state index in [1.165, 1.54) is 27.2 Å². The van der Waals surface area contributed by atoms with Crippen LogP contribution in [0.4, 0.5) is 0 Å². The minimum absolute atomic E-state index is 0.511. The van der Waals surface area contributed by atoms with Crippen molar-refractivity contribution in [3.05, 3.63) is 43.0 Å². The lowest BCUT2D eigenvalue weighted by molar-refractivity contribution is -0.172. The molecule has 0 heterocycles. The standard InChI is InChI=1S/C15H18O5/c1-5-12(20-11-9-7-6-8-10-11)15(2,13(16)18-3)14(17)19-4/h5-10,12H,1H2,2-4H3. The molecule has 0 spiro atoms. The maximum atomic E-state index is 12.0. The highest BCUT2D eigenvalue weighted by molar-refractivity contribution is 6.00. The number of esters is 2. The summed E-state index contributed by atoms with van der Waals surface area (Å²) in [5.74, 6) is -0.980. The molecule has 1 aromatic rings. The molecule has 0 radical (unpaired) electrons. The topological polar surface area (TPSA) is 61.8 Å². The van der Waals surface area contributed by atoms with Crippen LogP contribution in [-0.4, -0.2) is 32.3 Å². The Bertz CT molecular complexity index is 464. The number of hydrogen-bond acceptors (Lipinski definition) is 5. The number of ether oxygens (including phenoxy) is 3. The van der Waals surface area contributed by atoms with Crippen molar-refractivity contribution < 1.29 is 23.8 Å². The van der Waals surface area contributed by atoms with Crippen molar-refractivity contribution in [2.75, 3.05) is 14.2 Å². The molecule has 0 aromatic heterocycles. The summed E-state index contributed by atoms with van der Waals surface area (Å²) in [6.45, 7) is 5.02. The van der Waals surface area contributed by atoms with Gasteiger partial charge in [0.2, 0.25) is 5.41 Å². The van der Waals surface area contributed by atoms with E-state index in [0.29, 0.717) is 5.75 Å². The van der Waals surface area contributed by atoms with E-state index < -0.39 is 23.5 Å². The van der Waals surface area contributed by atoms with Gasteiger partial charge in [-0.15, -0.1) is 0 Å². The molecule has 1 unspecified atom stereocenters. The average molecular weight is 278 g/mol. The molecular weight excluding hydrogens is 260 g/mol. The monoisotopic (exact) mass is 278 g/mol. The largest absolute Gasteiger partial charge is 0.485 e. The van der Waals surface area contributed by atoms with E-state index in [1.807, 2.05) is 6.07 Å². The van der Waals surface area contributed by atoms with Crippen molar-refractivity contribution in [3.8, 4) is 5.75 Å². The highest BCUT2D eigenvalue weighted by Gasteiger charge is 2.51. The highest BCUT2D eigenvalue weighted by Crippen LogP contribution is 2.30. The van der Waals surface area contributed by atoms with E-state index in [1.54, 1.807) is 24.3 Å². The van der Waals surface area contributed by atoms with E-state index in [2.05, 4.69) is 6.58 Å². The van der Waals surface area contributed by atoms with E-state index in [-0.39, 0.29) is 0 Å². The van der Waals surface area contributed by atoms with Crippen molar-refractivity contribution in [2.45, 2.75) is 13.0 Å². The first-order chi connectivity index (χ1) is 9.50. The Morgan fingerprint density at radius 1 is 1.15 bits per heavy atom. The molecule has 0 saturated heterocycles. The fourth-order valence-electron chi connectivity index (χ4n) is 1.79. The molecule has 1 rings (SSSR count). The molecule has 0 N–H and O–H groups in total. The number of benzene rings is 1. The third-order valence-corrected chi connectivity index (χ3v) is 3.01. The second kappa shape index (κ2) is 6.75. The first-order valence-electron chi connectivity index (χ1n) is 6.01. The molecule has 0 aliphatic carbocycles. The van der Waals surface area contributed by atoms with Crippen LogP contribution in [0.1, 0.15) is 6.92 Å². The molecule has 5 nitrogen and oxygen atoms in total. The van der Waals surface area contributed by atoms with Crippen LogP contribution >= 0.6 is 0 Å². The molecule has 20 heavy (non-hydrogen) atoms. The van der Waals surface area contributed by atoms with Crippen LogP contribution in [0.2, 0.25) is 0 Å². The molecule has 0 aliphatic rings. The quantitative estimate of drug-likeness (QED) is 0.452. The van der Waals surface area contributed by atoms with E-state index in [4.69, 9.17) is 14.2 Å². The molecule has 0 fully saturated rings. The number of methoxy groups -OCH3 is 2. The number of para-hydroxylation sites is 1. The Balaban J connectivity index is 3.12. The van der Waals surface area contributed by atoms with Crippen molar-refractivity contribution in [2.24, 2.45) is 5.41 Å². The van der Waals surface area contributed by atoms with E-state index in [9.17, 15) is 9.59 Å². The highest BCUT2D eigenvalue weighted by atomic mass is 16.6. The molecule has 0 bridgehead atoms. The van der Waals surface area contributed by atoms with Gasteiger partial charge in [0, 0.05) is 0 Å². The summed E-state index contributed by atoms with van der Waals surface area (Å²) in [5, 5.41) is 0. The third-order valence-electron chi connectivity index (χ3n) is 3.01. The van der Waals surface area contributed by atoms with Gasteiger partial charge in [0.1, 0.15) is 11.9 Å². The molecule has 0 aliphatic heterocycles. The van der Waals surface area contributed by atoms with Crippen LogP contribution in [0.5, 0.6) is 5.75 Å². The summed E-state index contributed by atoms with van der Waals surface area (Å²) < 4.78 is 15.0. The molecule has 5 heteroatoms. The van der Waals surface area contributed by atoms with Gasteiger partial charge < -0.3 is 14.2 Å². The first kappa shape index (κ1) is 15.8. The number of rotatable bonds is 6. The Kier molecular flexibility index (Phi) is 5.32. The minimum Gasteiger partial charge on any atom is -0.485 e. The van der Waals surface area contributed by atoms with E-state index in [0.717, 1.165) is 0 Å². The zero-order valence-electron chi connectivity index (χ0n) is 11.8. The Morgan fingerprint density at radius 3 is 2.05 bits per heavy atom. The summed E-state index contributed by atoms with van der Waals surface area (Å²) >= 11 is 0. The van der Waals surface area contributed by atoms with Gasteiger partial charge in [-0.3, -0.25) is 9.59 Å². The molecule has 0 amide bonds. The number of hydrogen-bond donors (Lipinski definition) is 0. The molecule has 0 saturated carbocycles. The Morgan fingerprint density at radius 2 is 1.65 bits per heavy atom. The maximum Gasteiger partial charge on any atom is 0.327 e. The second-order valence-electron chi connectivity index (χ2n) is 4.27. The van der Waals surface area contributed by atoms with Crippen LogP contribution in [0.3, 0.4) is 0 Å². The summed E-state index contributed by atoms with van der Waals surface area (Å²) in [6, 6.07) is 8.82. The summed E-state index contributed by atoms with van der Waals surface area (Å²) in [6.07, 6.45) is 0.464. The minimum atomic E-state index is -1.62. The molecule has 108 valence electrons. The molecule has 1 atom stereocenters. The van der Waals surface area contributed by atoms with E-state index >= 15 is 0 Å². The third kappa shape index (κ3) is 2.99. The zero-order valence-corrected chi connectivity index (χ0v) is 11.8. The fraction of sp³-hybridized carbons (Fsp3) is 0.333. The summed E-state index contributed by atoms with van der Waals surface area (Å²) in [4.78, 5) is 23.9. The van der Waals surface area contributed by atoms with Crippen LogP contribution in [0, 0.1) is 5.41 Å². The lowest BCUT2D eigenvalue weighted by atomic mass is 9.84. The van der Waals surface area contributed by atoms with Gasteiger partial charge in [-0.25, -0.2) is 0 Å². The Hall–Kier alpha value is -2.30. The molecular formula is C15H18O5. The smallest absolute Gasteiger partial charge is 0.327 e. The van der Waals surface area contributed by atoms with Gasteiger partial charge >= 0.3 is 11.9 Å². The van der Waals surface area contributed by atoms with Gasteiger partial charge in [0.15, 0.2) is 0 Å². The van der Waals surface area contributed by atoms with Gasteiger partial charge in [-0.05, 0) is 25.1 Å². The van der Waals surface area contributed by atoms with Crippen molar-refractivity contribution in [1.82, 2.24) is 0 Å². The van der Waals surface area contributed by atoms with Gasteiger partial charge in [-0.1, -0.05) is 24.8 Å².